The van der Waals surface area contributed by atoms with Crippen molar-refractivity contribution in [3.63, 3.8) is 0 Å². The van der Waals surface area contributed by atoms with Gasteiger partial charge in [-0.25, -0.2) is 0 Å². The van der Waals surface area contributed by atoms with Gasteiger partial charge in [-0.05, 0) is 31.1 Å². The minimum atomic E-state index is 0.591. The van der Waals surface area contributed by atoms with E-state index >= 15 is 0 Å². The molecule has 0 amide bonds. The fourth-order valence-electron chi connectivity index (χ4n) is 3.21. The summed E-state index contributed by atoms with van der Waals surface area (Å²) < 4.78 is 5.64. The van der Waals surface area contributed by atoms with Crippen LogP contribution < -0.4 is 0 Å². The standard InChI is InChI=1S/C12H22O/c1-13-12-9-10-5-2-3-7-11(12)8-4-6-10/h10-12H,2-9H2,1H3. The third-order valence-electron chi connectivity index (χ3n) is 4.02. The van der Waals surface area contributed by atoms with Gasteiger partial charge in [0.15, 0.2) is 0 Å². The van der Waals surface area contributed by atoms with Crippen LogP contribution in [-0.4, -0.2) is 13.2 Å². The molecule has 1 heteroatoms. The van der Waals surface area contributed by atoms with Crippen molar-refractivity contribution in [2.75, 3.05) is 7.11 Å². The van der Waals surface area contributed by atoms with Gasteiger partial charge in [-0.1, -0.05) is 32.1 Å². The smallest absolute Gasteiger partial charge is 0.0602 e. The van der Waals surface area contributed by atoms with Crippen LogP contribution in [0.25, 0.3) is 0 Å². The monoisotopic (exact) mass is 182 g/mol. The Kier molecular flexibility index (Phi) is 3.26. The third-order valence-corrected chi connectivity index (χ3v) is 4.02. The number of ether oxygens (including phenoxy) is 1. The van der Waals surface area contributed by atoms with Gasteiger partial charge in [0, 0.05) is 7.11 Å². The number of fused-ring (bicyclic) bond motifs is 3. The first-order valence-corrected chi connectivity index (χ1v) is 5.93. The molecule has 0 aromatic rings. The molecule has 3 unspecified atom stereocenters. The Balaban J connectivity index is 2.05. The maximum Gasteiger partial charge on any atom is 0.0602 e. The van der Waals surface area contributed by atoms with Crippen molar-refractivity contribution in [2.24, 2.45) is 11.8 Å². The molecule has 2 saturated carbocycles. The van der Waals surface area contributed by atoms with E-state index in [4.69, 9.17) is 4.74 Å². The molecule has 0 aromatic heterocycles. The lowest BCUT2D eigenvalue weighted by atomic mass is 9.85. The van der Waals surface area contributed by atoms with Crippen molar-refractivity contribution < 1.29 is 4.74 Å². The molecule has 0 N–H and O–H groups in total. The number of hydrogen-bond acceptors (Lipinski definition) is 1. The van der Waals surface area contributed by atoms with E-state index in [1.165, 1.54) is 51.4 Å². The summed E-state index contributed by atoms with van der Waals surface area (Å²) in [5, 5.41) is 0. The Morgan fingerprint density at radius 1 is 0.923 bits per heavy atom. The molecule has 2 fully saturated rings. The Morgan fingerprint density at radius 3 is 2.46 bits per heavy atom. The van der Waals surface area contributed by atoms with Crippen molar-refractivity contribution in [2.45, 2.75) is 57.5 Å². The molecular formula is C12H22O. The zero-order chi connectivity index (χ0) is 9.10. The van der Waals surface area contributed by atoms with E-state index in [1.54, 1.807) is 0 Å². The summed E-state index contributed by atoms with van der Waals surface area (Å²) in [6, 6.07) is 0. The van der Waals surface area contributed by atoms with Crippen LogP contribution in [0.2, 0.25) is 0 Å². The van der Waals surface area contributed by atoms with Crippen LogP contribution in [0.1, 0.15) is 51.4 Å². The van der Waals surface area contributed by atoms with E-state index in [0.29, 0.717) is 6.10 Å². The van der Waals surface area contributed by atoms with Crippen LogP contribution in [0.4, 0.5) is 0 Å². The molecule has 2 rings (SSSR count). The van der Waals surface area contributed by atoms with Crippen molar-refractivity contribution >= 4 is 0 Å². The summed E-state index contributed by atoms with van der Waals surface area (Å²) in [6.45, 7) is 0. The lowest BCUT2D eigenvalue weighted by Gasteiger charge is -2.28. The minimum absolute atomic E-state index is 0.591. The molecule has 0 heterocycles. The third kappa shape index (κ3) is 2.25. The lowest BCUT2D eigenvalue weighted by molar-refractivity contribution is 0.0281. The van der Waals surface area contributed by atoms with E-state index in [2.05, 4.69) is 0 Å². The first-order valence-electron chi connectivity index (χ1n) is 5.93. The summed E-state index contributed by atoms with van der Waals surface area (Å²) >= 11 is 0. The summed E-state index contributed by atoms with van der Waals surface area (Å²) in [6.07, 6.45) is 12.1. The van der Waals surface area contributed by atoms with E-state index < -0.39 is 0 Å². The van der Waals surface area contributed by atoms with Gasteiger partial charge in [-0.3, -0.25) is 0 Å². The van der Waals surface area contributed by atoms with E-state index in [9.17, 15) is 0 Å². The molecule has 1 nitrogen and oxygen atoms in total. The molecule has 0 saturated heterocycles. The molecule has 2 aliphatic carbocycles. The second-order valence-corrected chi connectivity index (χ2v) is 4.85. The highest BCUT2D eigenvalue weighted by molar-refractivity contribution is 4.81. The minimum Gasteiger partial charge on any atom is -0.381 e. The van der Waals surface area contributed by atoms with Crippen LogP contribution in [0.15, 0.2) is 0 Å². The maximum absolute atomic E-state index is 5.64. The van der Waals surface area contributed by atoms with Crippen LogP contribution in [0.3, 0.4) is 0 Å². The van der Waals surface area contributed by atoms with Gasteiger partial charge in [0.1, 0.15) is 0 Å². The highest BCUT2D eigenvalue weighted by Crippen LogP contribution is 2.37. The van der Waals surface area contributed by atoms with Gasteiger partial charge in [-0.15, -0.1) is 0 Å². The van der Waals surface area contributed by atoms with Gasteiger partial charge < -0.3 is 4.74 Å². The quantitative estimate of drug-likeness (QED) is 0.604. The Morgan fingerprint density at radius 2 is 1.62 bits per heavy atom. The van der Waals surface area contributed by atoms with Crippen molar-refractivity contribution in [1.82, 2.24) is 0 Å². The van der Waals surface area contributed by atoms with E-state index in [1.807, 2.05) is 7.11 Å². The molecule has 3 atom stereocenters. The maximum atomic E-state index is 5.64. The van der Waals surface area contributed by atoms with Crippen LogP contribution in [0, 0.1) is 11.8 Å². The second kappa shape index (κ2) is 4.45. The zero-order valence-corrected chi connectivity index (χ0v) is 8.80. The van der Waals surface area contributed by atoms with Crippen molar-refractivity contribution in [3.8, 4) is 0 Å². The predicted octanol–water partition coefficient (Wildman–Crippen LogP) is 3.38. The molecule has 0 aliphatic heterocycles. The summed E-state index contributed by atoms with van der Waals surface area (Å²) in [7, 11) is 1.90. The molecule has 2 bridgehead atoms. The number of methoxy groups -OCH3 is 1. The van der Waals surface area contributed by atoms with Crippen LogP contribution in [-0.2, 0) is 4.74 Å². The molecule has 2 aliphatic rings. The van der Waals surface area contributed by atoms with Crippen molar-refractivity contribution in [3.05, 3.63) is 0 Å². The van der Waals surface area contributed by atoms with Crippen LogP contribution >= 0.6 is 0 Å². The van der Waals surface area contributed by atoms with Gasteiger partial charge >= 0.3 is 0 Å². The first kappa shape index (κ1) is 9.51. The Labute approximate surface area is 81.9 Å². The summed E-state index contributed by atoms with van der Waals surface area (Å²) in [5.74, 6) is 1.87. The summed E-state index contributed by atoms with van der Waals surface area (Å²) in [5.41, 5.74) is 0. The highest BCUT2D eigenvalue weighted by Gasteiger charge is 2.29. The topological polar surface area (TPSA) is 9.23 Å². The Hall–Kier alpha value is -0.0400. The fraction of sp³-hybridized carbons (Fsp3) is 1.00. The molecular weight excluding hydrogens is 160 g/mol. The van der Waals surface area contributed by atoms with Crippen molar-refractivity contribution in [1.29, 1.82) is 0 Å². The molecule has 0 radical (unpaired) electrons. The fourth-order valence-corrected chi connectivity index (χ4v) is 3.21. The normalized spacial score (nSPS) is 40.8. The molecule has 76 valence electrons. The molecule has 0 spiro atoms. The van der Waals surface area contributed by atoms with E-state index in [-0.39, 0.29) is 0 Å². The Bertz CT molecular complexity index is 151. The number of hydrogen-bond donors (Lipinski definition) is 0. The van der Waals surface area contributed by atoms with Gasteiger partial charge in [0.25, 0.3) is 0 Å². The zero-order valence-electron chi connectivity index (χ0n) is 8.80. The van der Waals surface area contributed by atoms with E-state index in [0.717, 1.165) is 11.8 Å². The molecule has 0 aromatic carbocycles. The van der Waals surface area contributed by atoms with Gasteiger partial charge in [0.05, 0.1) is 6.10 Å². The predicted molar refractivity (Wildman–Crippen MR) is 54.7 cm³/mol. The second-order valence-electron chi connectivity index (χ2n) is 4.85. The lowest BCUT2D eigenvalue weighted by Crippen LogP contribution is -2.25. The molecule has 13 heavy (non-hydrogen) atoms. The first-order chi connectivity index (χ1) is 6.40. The average Bonchev–Trinajstić information content (AvgIpc) is 2.22. The van der Waals surface area contributed by atoms with Gasteiger partial charge in [-0.2, -0.15) is 0 Å². The average molecular weight is 182 g/mol. The highest BCUT2D eigenvalue weighted by atomic mass is 16.5. The largest absolute Gasteiger partial charge is 0.381 e. The SMILES string of the molecule is COC1CC2CCCCC1CCC2. The summed E-state index contributed by atoms with van der Waals surface area (Å²) in [4.78, 5) is 0. The number of rotatable bonds is 1. The van der Waals surface area contributed by atoms with Crippen LogP contribution in [0.5, 0.6) is 0 Å². The van der Waals surface area contributed by atoms with Gasteiger partial charge in [0.2, 0.25) is 0 Å².